The number of hydrogen-bond acceptors (Lipinski definition) is 3. The molecule has 2 aromatic rings. The molecule has 0 aliphatic carbocycles. The standard InChI is InChI=1S/C23H28F2N2O2/c1-2-14-27(17-18-8-10-21(11-9-18)29-23(24)25)20-12-15-26(16-13-20)22(28)19-6-4-3-5-7-19/h3-11,20,23H,2,12-17H2,1H3. The minimum atomic E-state index is -2.80. The van der Waals surface area contributed by atoms with Crippen LogP contribution in [0.4, 0.5) is 8.78 Å². The lowest BCUT2D eigenvalue weighted by atomic mass is 10.0. The van der Waals surface area contributed by atoms with Crippen molar-refractivity contribution in [2.24, 2.45) is 0 Å². The zero-order valence-electron chi connectivity index (χ0n) is 16.8. The zero-order valence-corrected chi connectivity index (χ0v) is 16.8. The monoisotopic (exact) mass is 402 g/mol. The van der Waals surface area contributed by atoms with Gasteiger partial charge in [0.25, 0.3) is 5.91 Å². The number of nitrogens with zero attached hydrogens (tertiary/aromatic N) is 2. The Morgan fingerprint density at radius 3 is 2.34 bits per heavy atom. The number of hydrogen-bond donors (Lipinski definition) is 0. The summed E-state index contributed by atoms with van der Waals surface area (Å²) in [5.41, 5.74) is 1.81. The van der Waals surface area contributed by atoms with Gasteiger partial charge in [-0.1, -0.05) is 37.3 Å². The average Bonchev–Trinajstić information content (AvgIpc) is 2.74. The van der Waals surface area contributed by atoms with Crippen molar-refractivity contribution in [3.05, 3.63) is 65.7 Å². The van der Waals surface area contributed by atoms with Crippen LogP contribution < -0.4 is 4.74 Å². The van der Waals surface area contributed by atoms with Crippen LogP contribution in [0, 0.1) is 0 Å². The second-order valence-electron chi connectivity index (χ2n) is 7.38. The van der Waals surface area contributed by atoms with Gasteiger partial charge < -0.3 is 9.64 Å². The maximum Gasteiger partial charge on any atom is 0.387 e. The Labute approximate surface area is 171 Å². The quantitative estimate of drug-likeness (QED) is 0.636. The summed E-state index contributed by atoms with van der Waals surface area (Å²) in [6.07, 6.45) is 2.91. The fourth-order valence-corrected chi connectivity index (χ4v) is 3.89. The van der Waals surface area contributed by atoms with Gasteiger partial charge in [0.05, 0.1) is 0 Å². The first kappa shape index (κ1) is 21.2. The Morgan fingerprint density at radius 2 is 1.76 bits per heavy atom. The number of carbonyl (C=O) groups is 1. The van der Waals surface area contributed by atoms with E-state index in [9.17, 15) is 13.6 Å². The molecule has 4 nitrogen and oxygen atoms in total. The largest absolute Gasteiger partial charge is 0.435 e. The smallest absolute Gasteiger partial charge is 0.387 e. The highest BCUT2D eigenvalue weighted by Gasteiger charge is 2.27. The molecule has 29 heavy (non-hydrogen) atoms. The van der Waals surface area contributed by atoms with Crippen molar-refractivity contribution >= 4 is 5.91 Å². The van der Waals surface area contributed by atoms with E-state index in [-0.39, 0.29) is 11.7 Å². The first-order chi connectivity index (χ1) is 14.1. The van der Waals surface area contributed by atoms with Crippen LogP contribution in [0.25, 0.3) is 0 Å². The molecular formula is C23H28F2N2O2. The summed E-state index contributed by atoms with van der Waals surface area (Å²) in [4.78, 5) is 17.0. The van der Waals surface area contributed by atoms with Gasteiger partial charge >= 0.3 is 6.61 Å². The van der Waals surface area contributed by atoms with Gasteiger partial charge in [0.2, 0.25) is 0 Å². The van der Waals surface area contributed by atoms with Crippen molar-refractivity contribution in [1.82, 2.24) is 9.80 Å². The van der Waals surface area contributed by atoms with E-state index in [0.29, 0.717) is 6.04 Å². The molecular weight excluding hydrogens is 374 g/mol. The molecule has 0 N–H and O–H groups in total. The topological polar surface area (TPSA) is 32.8 Å². The van der Waals surface area contributed by atoms with Crippen LogP contribution in [0.3, 0.4) is 0 Å². The molecule has 0 saturated carbocycles. The van der Waals surface area contributed by atoms with Crippen molar-refractivity contribution in [1.29, 1.82) is 0 Å². The van der Waals surface area contributed by atoms with Crippen molar-refractivity contribution in [2.75, 3.05) is 19.6 Å². The van der Waals surface area contributed by atoms with Gasteiger partial charge in [0.15, 0.2) is 0 Å². The Kier molecular flexibility index (Phi) is 7.58. The summed E-state index contributed by atoms with van der Waals surface area (Å²) in [7, 11) is 0. The number of piperidine rings is 1. The molecule has 1 saturated heterocycles. The molecule has 6 heteroatoms. The van der Waals surface area contributed by atoms with Crippen molar-refractivity contribution in [3.8, 4) is 5.75 Å². The minimum Gasteiger partial charge on any atom is -0.435 e. The predicted octanol–water partition coefficient (Wildman–Crippen LogP) is 4.80. The Bertz CT molecular complexity index is 760. The number of halogens is 2. The molecule has 0 atom stereocenters. The number of amides is 1. The molecule has 1 amide bonds. The van der Waals surface area contributed by atoms with Crippen LogP contribution in [-0.4, -0.2) is 48.0 Å². The van der Waals surface area contributed by atoms with E-state index in [0.717, 1.165) is 56.6 Å². The molecule has 1 aliphatic rings. The fraction of sp³-hybridized carbons (Fsp3) is 0.435. The maximum atomic E-state index is 12.6. The second-order valence-corrected chi connectivity index (χ2v) is 7.38. The molecule has 0 bridgehead atoms. The summed E-state index contributed by atoms with van der Waals surface area (Å²) in [5.74, 6) is 0.277. The molecule has 2 aromatic carbocycles. The highest BCUT2D eigenvalue weighted by molar-refractivity contribution is 5.94. The van der Waals surface area contributed by atoms with Gasteiger partial charge in [0.1, 0.15) is 5.75 Å². The van der Waals surface area contributed by atoms with E-state index in [4.69, 9.17) is 0 Å². The molecule has 0 radical (unpaired) electrons. The summed E-state index contributed by atoms with van der Waals surface area (Å²) >= 11 is 0. The lowest BCUT2D eigenvalue weighted by Gasteiger charge is -2.38. The predicted molar refractivity (Wildman–Crippen MR) is 109 cm³/mol. The van der Waals surface area contributed by atoms with Crippen LogP contribution in [-0.2, 0) is 6.54 Å². The Morgan fingerprint density at radius 1 is 1.10 bits per heavy atom. The molecule has 0 unspecified atom stereocenters. The van der Waals surface area contributed by atoms with Gasteiger partial charge in [-0.2, -0.15) is 8.78 Å². The molecule has 0 aromatic heterocycles. The summed E-state index contributed by atoms with van der Waals surface area (Å²) < 4.78 is 29.0. The third-order valence-corrected chi connectivity index (χ3v) is 5.33. The highest BCUT2D eigenvalue weighted by Crippen LogP contribution is 2.22. The fourth-order valence-electron chi connectivity index (χ4n) is 3.89. The van der Waals surface area contributed by atoms with Gasteiger partial charge in [-0.15, -0.1) is 0 Å². The molecule has 3 rings (SSSR count). The summed E-state index contributed by atoms with van der Waals surface area (Å²) in [5, 5.41) is 0. The number of rotatable bonds is 8. The number of carbonyl (C=O) groups excluding carboxylic acids is 1. The Hall–Kier alpha value is -2.47. The van der Waals surface area contributed by atoms with Gasteiger partial charge in [-0.3, -0.25) is 9.69 Å². The SMILES string of the molecule is CCCN(Cc1ccc(OC(F)F)cc1)C1CCN(C(=O)c2ccccc2)CC1. The van der Waals surface area contributed by atoms with E-state index in [1.807, 2.05) is 47.4 Å². The summed E-state index contributed by atoms with van der Waals surface area (Å²) in [6, 6.07) is 16.7. The molecule has 1 heterocycles. The van der Waals surface area contributed by atoms with E-state index < -0.39 is 6.61 Å². The second kappa shape index (κ2) is 10.3. The number of alkyl halides is 2. The molecule has 156 valence electrons. The molecule has 1 aliphatic heterocycles. The first-order valence-corrected chi connectivity index (χ1v) is 10.2. The normalized spacial score (nSPS) is 15.1. The number of likely N-dealkylation sites (tertiary alicyclic amines) is 1. The summed E-state index contributed by atoms with van der Waals surface area (Å²) in [6.45, 7) is 2.58. The number of ether oxygens (including phenoxy) is 1. The average molecular weight is 402 g/mol. The van der Waals surface area contributed by atoms with Crippen molar-refractivity contribution < 1.29 is 18.3 Å². The number of benzene rings is 2. The third kappa shape index (κ3) is 6.00. The zero-order chi connectivity index (χ0) is 20.6. The van der Waals surface area contributed by atoms with E-state index in [1.54, 1.807) is 12.1 Å². The maximum absolute atomic E-state index is 12.6. The van der Waals surface area contributed by atoms with Gasteiger partial charge in [-0.05, 0) is 55.6 Å². The van der Waals surface area contributed by atoms with Crippen LogP contribution >= 0.6 is 0 Å². The molecule has 1 fully saturated rings. The van der Waals surface area contributed by atoms with Crippen LogP contribution in [0.2, 0.25) is 0 Å². The lowest BCUT2D eigenvalue weighted by Crippen LogP contribution is -2.46. The van der Waals surface area contributed by atoms with Gasteiger partial charge in [0, 0.05) is 31.2 Å². The van der Waals surface area contributed by atoms with E-state index >= 15 is 0 Å². The van der Waals surface area contributed by atoms with Crippen LogP contribution in [0.5, 0.6) is 5.75 Å². The van der Waals surface area contributed by atoms with Crippen molar-refractivity contribution in [3.63, 3.8) is 0 Å². The van der Waals surface area contributed by atoms with E-state index in [2.05, 4.69) is 16.6 Å². The Balaban J connectivity index is 1.57. The third-order valence-electron chi connectivity index (χ3n) is 5.33. The lowest BCUT2D eigenvalue weighted by molar-refractivity contribution is -0.0498. The minimum absolute atomic E-state index is 0.0979. The van der Waals surface area contributed by atoms with E-state index in [1.165, 1.54) is 0 Å². The highest BCUT2D eigenvalue weighted by atomic mass is 19.3. The molecule has 0 spiro atoms. The van der Waals surface area contributed by atoms with Crippen LogP contribution in [0.15, 0.2) is 54.6 Å². The van der Waals surface area contributed by atoms with Crippen molar-refractivity contribution in [2.45, 2.75) is 45.4 Å². The first-order valence-electron chi connectivity index (χ1n) is 10.2. The van der Waals surface area contributed by atoms with Gasteiger partial charge in [-0.25, -0.2) is 0 Å². The van der Waals surface area contributed by atoms with Crippen LogP contribution in [0.1, 0.15) is 42.1 Å².